The van der Waals surface area contributed by atoms with Crippen molar-refractivity contribution in [2.75, 3.05) is 11.9 Å². The number of carbonyl (C=O) groups excluding carboxylic acids is 1. The highest BCUT2D eigenvalue weighted by Gasteiger charge is 2.31. The van der Waals surface area contributed by atoms with E-state index in [0.717, 1.165) is 25.1 Å². The fraction of sp³-hybridized carbons (Fsp3) is 0.417. The van der Waals surface area contributed by atoms with Crippen molar-refractivity contribution in [3.8, 4) is 0 Å². The van der Waals surface area contributed by atoms with Crippen LogP contribution in [0.4, 0.5) is 5.69 Å². The molecule has 4 nitrogen and oxygen atoms in total. The summed E-state index contributed by atoms with van der Waals surface area (Å²) < 4.78 is 0. The zero-order valence-corrected chi connectivity index (χ0v) is 10.3. The van der Waals surface area contributed by atoms with Gasteiger partial charge in [0.2, 0.25) is 5.91 Å². The highest BCUT2D eigenvalue weighted by molar-refractivity contribution is 6.34. The van der Waals surface area contributed by atoms with Crippen LogP contribution in [-0.4, -0.2) is 18.0 Å². The van der Waals surface area contributed by atoms with E-state index in [-0.39, 0.29) is 5.54 Å². The quantitative estimate of drug-likeness (QED) is 0.764. The monoisotopic (exact) mass is 253 g/mol. The molecule has 0 saturated heterocycles. The predicted molar refractivity (Wildman–Crippen MR) is 69.2 cm³/mol. The number of primary amides is 1. The minimum absolute atomic E-state index is 0.0885. The van der Waals surface area contributed by atoms with E-state index in [1.165, 1.54) is 6.42 Å². The van der Waals surface area contributed by atoms with Crippen molar-refractivity contribution in [2.24, 2.45) is 11.5 Å². The average Bonchev–Trinajstić information content (AvgIpc) is 2.23. The Morgan fingerprint density at radius 3 is 2.65 bits per heavy atom. The van der Waals surface area contributed by atoms with Gasteiger partial charge in [0.25, 0.3) is 0 Å². The summed E-state index contributed by atoms with van der Waals surface area (Å²) >= 11 is 5.95. The lowest BCUT2D eigenvalue weighted by molar-refractivity contribution is 0.100. The summed E-state index contributed by atoms with van der Waals surface area (Å²) in [5, 5.41) is 3.60. The molecular weight excluding hydrogens is 238 g/mol. The molecular formula is C12H16ClN3O. The van der Waals surface area contributed by atoms with E-state index in [9.17, 15) is 4.79 Å². The van der Waals surface area contributed by atoms with Gasteiger partial charge in [0.05, 0.1) is 10.6 Å². The van der Waals surface area contributed by atoms with E-state index in [4.69, 9.17) is 23.1 Å². The van der Waals surface area contributed by atoms with Gasteiger partial charge in [-0.15, -0.1) is 0 Å². The minimum atomic E-state index is -0.518. The second kappa shape index (κ2) is 4.55. The van der Waals surface area contributed by atoms with Crippen LogP contribution in [0.25, 0.3) is 0 Å². The van der Waals surface area contributed by atoms with Gasteiger partial charge >= 0.3 is 0 Å². The number of carbonyl (C=O) groups is 1. The van der Waals surface area contributed by atoms with Gasteiger partial charge in [-0.25, -0.2) is 0 Å². The summed E-state index contributed by atoms with van der Waals surface area (Å²) in [4.78, 5) is 11.0. The van der Waals surface area contributed by atoms with Gasteiger partial charge in [-0.3, -0.25) is 4.79 Å². The number of hydrogen-bond acceptors (Lipinski definition) is 3. The molecule has 5 heteroatoms. The Hall–Kier alpha value is -1.26. The Balaban J connectivity index is 2.02. The highest BCUT2D eigenvalue weighted by atomic mass is 35.5. The van der Waals surface area contributed by atoms with Crippen LogP contribution in [0.5, 0.6) is 0 Å². The molecule has 0 radical (unpaired) electrons. The molecule has 0 spiro atoms. The minimum Gasteiger partial charge on any atom is -0.383 e. The van der Waals surface area contributed by atoms with Gasteiger partial charge in [0, 0.05) is 17.8 Å². The van der Waals surface area contributed by atoms with E-state index >= 15 is 0 Å². The molecule has 1 aromatic carbocycles. The Kier molecular flexibility index (Phi) is 3.26. The Morgan fingerprint density at radius 1 is 1.47 bits per heavy atom. The SMILES string of the molecule is NC(=O)c1ccc(NCC2(N)CCC2)cc1Cl. The summed E-state index contributed by atoms with van der Waals surface area (Å²) in [6.45, 7) is 0.721. The summed E-state index contributed by atoms with van der Waals surface area (Å²) in [6.07, 6.45) is 3.29. The van der Waals surface area contributed by atoms with Crippen LogP contribution in [0.15, 0.2) is 18.2 Å². The largest absolute Gasteiger partial charge is 0.383 e. The van der Waals surface area contributed by atoms with Crippen LogP contribution in [0.3, 0.4) is 0 Å². The van der Waals surface area contributed by atoms with Crippen molar-refractivity contribution >= 4 is 23.2 Å². The van der Waals surface area contributed by atoms with Crippen molar-refractivity contribution in [1.82, 2.24) is 0 Å². The van der Waals surface area contributed by atoms with Crippen LogP contribution in [0, 0.1) is 0 Å². The second-order valence-electron chi connectivity index (χ2n) is 4.63. The third-order valence-corrected chi connectivity index (χ3v) is 3.54. The van der Waals surface area contributed by atoms with E-state index in [0.29, 0.717) is 10.6 Å². The first-order chi connectivity index (χ1) is 8.00. The van der Waals surface area contributed by atoms with Crippen molar-refractivity contribution < 1.29 is 4.79 Å². The lowest BCUT2D eigenvalue weighted by Crippen LogP contribution is -2.51. The maximum atomic E-state index is 11.0. The van der Waals surface area contributed by atoms with Gasteiger partial charge in [-0.2, -0.15) is 0 Å². The molecule has 1 aliphatic carbocycles. The summed E-state index contributed by atoms with van der Waals surface area (Å²) in [5.74, 6) is -0.518. The summed E-state index contributed by atoms with van der Waals surface area (Å²) in [6, 6.07) is 5.11. The number of benzene rings is 1. The number of nitrogens with two attached hydrogens (primary N) is 2. The van der Waals surface area contributed by atoms with E-state index in [1.54, 1.807) is 18.2 Å². The van der Waals surface area contributed by atoms with Crippen LogP contribution >= 0.6 is 11.6 Å². The average molecular weight is 254 g/mol. The second-order valence-corrected chi connectivity index (χ2v) is 5.04. The van der Waals surface area contributed by atoms with E-state index in [1.807, 2.05) is 0 Å². The zero-order chi connectivity index (χ0) is 12.5. The molecule has 0 aromatic heterocycles. The van der Waals surface area contributed by atoms with Gasteiger partial charge < -0.3 is 16.8 Å². The van der Waals surface area contributed by atoms with Gasteiger partial charge in [0.15, 0.2) is 0 Å². The number of anilines is 1. The van der Waals surface area contributed by atoms with Crippen molar-refractivity contribution in [3.05, 3.63) is 28.8 Å². The summed E-state index contributed by atoms with van der Waals surface area (Å²) in [5.41, 5.74) is 12.4. The predicted octanol–water partition coefficient (Wildman–Crippen LogP) is 1.73. The maximum Gasteiger partial charge on any atom is 0.250 e. The van der Waals surface area contributed by atoms with Gasteiger partial charge in [0.1, 0.15) is 0 Å². The lowest BCUT2D eigenvalue weighted by Gasteiger charge is -2.38. The van der Waals surface area contributed by atoms with Crippen LogP contribution in [-0.2, 0) is 0 Å². The topological polar surface area (TPSA) is 81.1 Å². The molecule has 1 fully saturated rings. The maximum absolute atomic E-state index is 11.0. The Bertz CT molecular complexity index is 443. The number of nitrogens with one attached hydrogen (secondary N) is 1. The third-order valence-electron chi connectivity index (χ3n) is 3.23. The molecule has 2 rings (SSSR count). The molecule has 0 aliphatic heterocycles. The normalized spacial score (nSPS) is 17.3. The molecule has 0 atom stereocenters. The van der Waals surface area contributed by atoms with Crippen molar-refractivity contribution in [2.45, 2.75) is 24.8 Å². The number of hydrogen-bond donors (Lipinski definition) is 3. The van der Waals surface area contributed by atoms with Gasteiger partial charge in [-0.05, 0) is 37.5 Å². The van der Waals surface area contributed by atoms with Crippen molar-refractivity contribution in [3.63, 3.8) is 0 Å². The molecule has 1 aromatic rings. The number of rotatable bonds is 4. The molecule has 1 saturated carbocycles. The molecule has 0 unspecified atom stereocenters. The molecule has 1 amide bonds. The van der Waals surface area contributed by atoms with E-state index < -0.39 is 5.91 Å². The van der Waals surface area contributed by atoms with Gasteiger partial charge in [-0.1, -0.05) is 11.6 Å². The third kappa shape index (κ3) is 2.70. The first-order valence-electron chi connectivity index (χ1n) is 5.62. The van der Waals surface area contributed by atoms with Crippen LogP contribution in [0.2, 0.25) is 5.02 Å². The molecule has 17 heavy (non-hydrogen) atoms. The van der Waals surface area contributed by atoms with Crippen LogP contribution < -0.4 is 16.8 Å². The van der Waals surface area contributed by atoms with Crippen molar-refractivity contribution in [1.29, 1.82) is 0 Å². The van der Waals surface area contributed by atoms with Crippen LogP contribution in [0.1, 0.15) is 29.6 Å². The lowest BCUT2D eigenvalue weighted by atomic mass is 9.78. The Morgan fingerprint density at radius 2 is 2.18 bits per heavy atom. The molecule has 92 valence electrons. The number of amides is 1. The Labute approximate surface area is 105 Å². The summed E-state index contributed by atoms with van der Waals surface area (Å²) in [7, 11) is 0. The highest BCUT2D eigenvalue weighted by Crippen LogP contribution is 2.29. The first-order valence-corrected chi connectivity index (χ1v) is 6.00. The standard InChI is InChI=1S/C12H16ClN3O/c13-10-6-8(2-3-9(10)11(14)17)16-7-12(15)4-1-5-12/h2-3,6,16H,1,4-5,7,15H2,(H2,14,17). The number of halogens is 1. The smallest absolute Gasteiger partial charge is 0.250 e. The van der Waals surface area contributed by atoms with E-state index in [2.05, 4.69) is 5.32 Å². The fourth-order valence-electron chi connectivity index (χ4n) is 1.91. The molecule has 5 N–H and O–H groups in total. The molecule has 1 aliphatic rings. The molecule has 0 heterocycles. The first kappa shape index (κ1) is 12.2. The molecule has 0 bridgehead atoms. The zero-order valence-electron chi connectivity index (χ0n) is 9.50. The fourth-order valence-corrected chi connectivity index (χ4v) is 2.18.